The topological polar surface area (TPSA) is 122 Å². The third-order valence-corrected chi connectivity index (χ3v) is 3.69. The Bertz CT molecular complexity index is 559. The first-order valence-electron chi connectivity index (χ1n) is 6.65. The van der Waals surface area contributed by atoms with Crippen LogP contribution < -0.4 is 11.5 Å². The summed E-state index contributed by atoms with van der Waals surface area (Å²) in [4.78, 5) is 25.3. The molecule has 0 saturated carbocycles. The molecule has 2 amide bonds. The summed E-state index contributed by atoms with van der Waals surface area (Å²) in [6.45, 7) is 0.713. The van der Waals surface area contributed by atoms with Gasteiger partial charge < -0.3 is 21.6 Å². The van der Waals surface area contributed by atoms with Gasteiger partial charge in [0.15, 0.2) is 5.84 Å². The monoisotopic (exact) mass is 290 g/mol. The van der Waals surface area contributed by atoms with Crippen LogP contribution in [0.2, 0.25) is 0 Å². The maximum absolute atomic E-state index is 12.6. The van der Waals surface area contributed by atoms with Crippen LogP contribution in [-0.2, 0) is 9.59 Å². The Labute approximate surface area is 122 Å². The minimum atomic E-state index is -0.858. The zero-order valence-corrected chi connectivity index (χ0v) is 11.5. The van der Waals surface area contributed by atoms with Gasteiger partial charge >= 0.3 is 0 Å². The zero-order chi connectivity index (χ0) is 15.4. The average Bonchev–Trinajstić information content (AvgIpc) is 2.98. The highest BCUT2D eigenvalue weighted by Gasteiger charge is 2.35. The van der Waals surface area contributed by atoms with Gasteiger partial charge in [-0.25, -0.2) is 0 Å². The van der Waals surface area contributed by atoms with Gasteiger partial charge in [-0.1, -0.05) is 35.5 Å². The van der Waals surface area contributed by atoms with Crippen LogP contribution in [0.1, 0.15) is 17.9 Å². The quantitative estimate of drug-likeness (QED) is 0.309. The number of likely N-dealkylation sites (tertiary alicyclic amines) is 1. The van der Waals surface area contributed by atoms with Crippen LogP contribution in [0, 0.1) is 5.92 Å². The highest BCUT2D eigenvalue weighted by atomic mass is 16.4. The number of rotatable bonds is 4. The van der Waals surface area contributed by atoms with Crippen molar-refractivity contribution in [1.82, 2.24) is 4.90 Å². The first-order valence-corrected chi connectivity index (χ1v) is 6.65. The molecular formula is C14H18N4O3. The maximum Gasteiger partial charge on any atom is 0.237 e. The van der Waals surface area contributed by atoms with E-state index in [9.17, 15) is 9.59 Å². The van der Waals surface area contributed by atoms with E-state index < -0.39 is 11.8 Å². The Morgan fingerprint density at radius 1 is 1.29 bits per heavy atom. The molecule has 5 N–H and O–H groups in total. The van der Waals surface area contributed by atoms with Gasteiger partial charge in [-0.05, 0) is 12.0 Å². The minimum Gasteiger partial charge on any atom is -0.409 e. The molecular weight excluding hydrogens is 272 g/mol. The third-order valence-electron chi connectivity index (χ3n) is 3.69. The number of oxime groups is 1. The van der Waals surface area contributed by atoms with Gasteiger partial charge in [0, 0.05) is 13.1 Å². The van der Waals surface area contributed by atoms with Crippen molar-refractivity contribution in [3.63, 3.8) is 0 Å². The highest BCUT2D eigenvalue weighted by molar-refractivity contribution is 6.07. The van der Waals surface area contributed by atoms with Crippen molar-refractivity contribution in [1.29, 1.82) is 0 Å². The lowest BCUT2D eigenvalue weighted by Crippen LogP contribution is -2.40. The van der Waals surface area contributed by atoms with E-state index in [0.29, 0.717) is 18.5 Å². The van der Waals surface area contributed by atoms with E-state index in [1.807, 2.05) is 6.07 Å². The Kier molecular flexibility index (Phi) is 4.42. The number of carbonyl (C=O) groups is 2. The average molecular weight is 290 g/mol. The van der Waals surface area contributed by atoms with Crippen LogP contribution >= 0.6 is 0 Å². The molecule has 1 aromatic carbocycles. The lowest BCUT2D eigenvalue weighted by molar-refractivity contribution is -0.130. The lowest BCUT2D eigenvalue weighted by Gasteiger charge is -2.22. The maximum atomic E-state index is 12.6. The minimum absolute atomic E-state index is 0.172. The van der Waals surface area contributed by atoms with Crippen LogP contribution in [-0.4, -0.2) is 40.8 Å². The van der Waals surface area contributed by atoms with Crippen LogP contribution in [0.3, 0.4) is 0 Å². The highest BCUT2D eigenvalue weighted by Crippen LogP contribution is 2.23. The molecule has 1 aliphatic heterocycles. The summed E-state index contributed by atoms with van der Waals surface area (Å²) in [6.07, 6.45) is 0.540. The third kappa shape index (κ3) is 3.13. The normalized spacial score (nSPS) is 20.3. The van der Waals surface area contributed by atoms with Crippen molar-refractivity contribution >= 4 is 17.6 Å². The smallest absolute Gasteiger partial charge is 0.237 e. The summed E-state index contributed by atoms with van der Waals surface area (Å²) in [5.74, 6) is -2.07. The summed E-state index contributed by atoms with van der Waals surface area (Å²) in [5.41, 5.74) is 11.6. The van der Waals surface area contributed by atoms with Crippen molar-refractivity contribution in [3.8, 4) is 0 Å². The Hall–Kier alpha value is -2.57. The first kappa shape index (κ1) is 14.8. The summed E-state index contributed by atoms with van der Waals surface area (Å²) in [7, 11) is 0. The molecule has 0 bridgehead atoms. The molecule has 1 heterocycles. The zero-order valence-electron chi connectivity index (χ0n) is 11.5. The number of carbonyl (C=O) groups excluding carboxylic acids is 2. The molecule has 2 unspecified atom stereocenters. The number of hydrogen-bond acceptors (Lipinski definition) is 4. The SMILES string of the molecule is NC(=O)C1CCN(C(=O)C(/C(N)=N/O)c2ccccc2)C1. The van der Waals surface area contributed by atoms with Crippen molar-refractivity contribution in [2.45, 2.75) is 12.3 Å². The Balaban J connectivity index is 2.23. The molecule has 0 spiro atoms. The predicted octanol–water partition coefficient (Wildman–Crippen LogP) is -0.150. The second-order valence-corrected chi connectivity index (χ2v) is 5.04. The fraction of sp³-hybridized carbons (Fsp3) is 0.357. The Morgan fingerprint density at radius 2 is 1.95 bits per heavy atom. The van der Waals surface area contributed by atoms with Crippen LogP contribution in [0.25, 0.3) is 0 Å². The number of amidine groups is 1. The Morgan fingerprint density at radius 3 is 2.48 bits per heavy atom. The number of nitrogens with two attached hydrogens (primary N) is 2. The molecule has 7 nitrogen and oxygen atoms in total. The fourth-order valence-electron chi connectivity index (χ4n) is 2.52. The van der Waals surface area contributed by atoms with E-state index in [2.05, 4.69) is 5.16 Å². The van der Waals surface area contributed by atoms with Crippen LogP contribution in [0.4, 0.5) is 0 Å². The number of nitrogens with zero attached hydrogens (tertiary/aromatic N) is 2. The number of amides is 2. The largest absolute Gasteiger partial charge is 0.409 e. The van der Waals surface area contributed by atoms with E-state index in [1.54, 1.807) is 24.3 Å². The summed E-state index contributed by atoms with van der Waals surface area (Å²) >= 11 is 0. The summed E-state index contributed by atoms with van der Waals surface area (Å²) in [5, 5.41) is 11.9. The van der Waals surface area contributed by atoms with Gasteiger partial charge in [0.1, 0.15) is 5.92 Å². The molecule has 0 aliphatic carbocycles. The molecule has 112 valence electrons. The molecule has 1 aliphatic rings. The standard InChI is InChI=1S/C14H18N4O3/c15-12(17-21)11(9-4-2-1-3-5-9)14(20)18-7-6-10(8-18)13(16)19/h1-5,10-11,21H,6-8H2,(H2,15,17)(H2,16,19). The second kappa shape index (κ2) is 6.25. The van der Waals surface area contributed by atoms with Crippen LogP contribution in [0.15, 0.2) is 35.5 Å². The molecule has 21 heavy (non-hydrogen) atoms. The van der Waals surface area contributed by atoms with Gasteiger partial charge in [0.05, 0.1) is 5.92 Å². The molecule has 2 rings (SSSR count). The van der Waals surface area contributed by atoms with Crippen molar-refractivity contribution in [2.75, 3.05) is 13.1 Å². The van der Waals surface area contributed by atoms with E-state index in [1.165, 1.54) is 4.90 Å². The van der Waals surface area contributed by atoms with Crippen molar-refractivity contribution in [3.05, 3.63) is 35.9 Å². The molecule has 1 fully saturated rings. The molecule has 0 radical (unpaired) electrons. The van der Waals surface area contributed by atoms with E-state index in [-0.39, 0.29) is 24.2 Å². The van der Waals surface area contributed by atoms with Gasteiger partial charge in [0.25, 0.3) is 0 Å². The fourth-order valence-corrected chi connectivity index (χ4v) is 2.52. The van der Waals surface area contributed by atoms with E-state index in [4.69, 9.17) is 16.7 Å². The van der Waals surface area contributed by atoms with E-state index >= 15 is 0 Å². The van der Waals surface area contributed by atoms with Crippen LogP contribution in [0.5, 0.6) is 0 Å². The van der Waals surface area contributed by atoms with Gasteiger partial charge in [-0.15, -0.1) is 0 Å². The number of benzene rings is 1. The molecule has 7 heteroatoms. The number of primary amides is 1. The lowest BCUT2D eigenvalue weighted by atomic mass is 9.96. The van der Waals surface area contributed by atoms with E-state index in [0.717, 1.165) is 0 Å². The second-order valence-electron chi connectivity index (χ2n) is 5.04. The molecule has 0 aromatic heterocycles. The molecule has 1 aromatic rings. The van der Waals surface area contributed by atoms with Crippen molar-refractivity contribution < 1.29 is 14.8 Å². The summed E-state index contributed by atoms with van der Waals surface area (Å²) < 4.78 is 0. The van der Waals surface area contributed by atoms with Gasteiger partial charge in [-0.2, -0.15) is 0 Å². The number of hydrogen-bond donors (Lipinski definition) is 3. The summed E-state index contributed by atoms with van der Waals surface area (Å²) in [6, 6.07) is 8.84. The molecule has 2 atom stereocenters. The predicted molar refractivity (Wildman–Crippen MR) is 76.5 cm³/mol. The van der Waals surface area contributed by atoms with Crippen molar-refractivity contribution in [2.24, 2.45) is 22.5 Å². The molecule has 1 saturated heterocycles. The first-order chi connectivity index (χ1) is 10.0. The van der Waals surface area contributed by atoms with Gasteiger partial charge in [-0.3, -0.25) is 9.59 Å². The van der Waals surface area contributed by atoms with Gasteiger partial charge in [0.2, 0.25) is 11.8 Å².